The van der Waals surface area contributed by atoms with Gasteiger partial charge in [0.05, 0.1) is 0 Å². The number of hydrogen-bond donors (Lipinski definition) is 1. The van der Waals surface area contributed by atoms with Crippen LogP contribution < -0.4 is 5.32 Å². The summed E-state index contributed by atoms with van der Waals surface area (Å²) >= 11 is 0. The molecule has 0 saturated heterocycles. The lowest BCUT2D eigenvalue weighted by atomic mass is 9.90. The molecule has 0 aliphatic rings. The first-order valence-electron chi connectivity index (χ1n) is 6.41. The fraction of sp³-hybridized carbons (Fsp3) is 0.643. The zero-order chi connectivity index (χ0) is 11.9. The van der Waals surface area contributed by atoms with E-state index >= 15 is 0 Å². The SMILES string of the molecule is CCC(CC)(CC)NCCc1ccccn1. The molecule has 0 fully saturated rings. The summed E-state index contributed by atoms with van der Waals surface area (Å²) in [6, 6.07) is 6.10. The number of hydrogen-bond acceptors (Lipinski definition) is 2. The highest BCUT2D eigenvalue weighted by molar-refractivity contribution is 5.04. The van der Waals surface area contributed by atoms with E-state index in [-0.39, 0.29) is 0 Å². The Hall–Kier alpha value is -0.890. The number of rotatable bonds is 7. The van der Waals surface area contributed by atoms with Gasteiger partial charge in [-0.1, -0.05) is 26.8 Å². The van der Waals surface area contributed by atoms with Crippen LogP contribution in [0.5, 0.6) is 0 Å². The van der Waals surface area contributed by atoms with Crippen LogP contribution in [0.3, 0.4) is 0 Å². The molecule has 0 aliphatic heterocycles. The van der Waals surface area contributed by atoms with Crippen LogP contribution in [-0.4, -0.2) is 17.1 Å². The van der Waals surface area contributed by atoms with Crippen LogP contribution in [0.15, 0.2) is 24.4 Å². The van der Waals surface area contributed by atoms with Gasteiger partial charge in [0, 0.05) is 30.4 Å². The zero-order valence-electron chi connectivity index (χ0n) is 10.8. The maximum absolute atomic E-state index is 4.34. The van der Waals surface area contributed by atoms with Gasteiger partial charge in [0.15, 0.2) is 0 Å². The lowest BCUT2D eigenvalue weighted by Gasteiger charge is -2.32. The number of aromatic nitrogens is 1. The van der Waals surface area contributed by atoms with Crippen molar-refractivity contribution in [3.63, 3.8) is 0 Å². The van der Waals surface area contributed by atoms with Gasteiger partial charge >= 0.3 is 0 Å². The lowest BCUT2D eigenvalue weighted by Crippen LogP contribution is -2.44. The van der Waals surface area contributed by atoms with Gasteiger partial charge in [0.1, 0.15) is 0 Å². The van der Waals surface area contributed by atoms with Crippen molar-refractivity contribution in [3.8, 4) is 0 Å². The normalized spacial score (nSPS) is 11.7. The summed E-state index contributed by atoms with van der Waals surface area (Å²) in [5.74, 6) is 0. The van der Waals surface area contributed by atoms with E-state index in [0.29, 0.717) is 5.54 Å². The summed E-state index contributed by atoms with van der Waals surface area (Å²) in [4.78, 5) is 4.34. The van der Waals surface area contributed by atoms with Gasteiger partial charge in [-0.15, -0.1) is 0 Å². The molecule has 1 aromatic rings. The van der Waals surface area contributed by atoms with Crippen molar-refractivity contribution < 1.29 is 0 Å². The maximum atomic E-state index is 4.34. The van der Waals surface area contributed by atoms with Crippen molar-refractivity contribution in [2.45, 2.75) is 52.0 Å². The molecule has 0 amide bonds. The highest BCUT2D eigenvalue weighted by atomic mass is 15.0. The van der Waals surface area contributed by atoms with Crippen LogP contribution in [0.1, 0.15) is 45.7 Å². The fourth-order valence-electron chi connectivity index (χ4n) is 2.13. The van der Waals surface area contributed by atoms with Crippen molar-refractivity contribution in [2.24, 2.45) is 0 Å². The molecule has 1 heterocycles. The molecule has 0 aliphatic carbocycles. The lowest BCUT2D eigenvalue weighted by molar-refractivity contribution is 0.292. The van der Waals surface area contributed by atoms with Crippen LogP contribution in [-0.2, 0) is 6.42 Å². The minimum Gasteiger partial charge on any atom is -0.311 e. The Morgan fingerprint density at radius 3 is 2.31 bits per heavy atom. The van der Waals surface area contributed by atoms with Crippen molar-refractivity contribution in [1.82, 2.24) is 10.3 Å². The monoisotopic (exact) mass is 220 g/mol. The van der Waals surface area contributed by atoms with Crippen molar-refractivity contribution in [3.05, 3.63) is 30.1 Å². The standard InChI is InChI=1S/C14H24N2/c1-4-14(5-2,6-3)16-12-10-13-9-7-8-11-15-13/h7-9,11,16H,4-6,10,12H2,1-3H3. The summed E-state index contributed by atoms with van der Waals surface area (Å²) in [6.07, 6.45) is 6.47. The van der Waals surface area contributed by atoms with Gasteiger partial charge in [-0.25, -0.2) is 0 Å². The second-order valence-electron chi connectivity index (χ2n) is 4.34. The van der Waals surface area contributed by atoms with E-state index in [4.69, 9.17) is 0 Å². The third-order valence-corrected chi connectivity index (χ3v) is 3.64. The highest BCUT2D eigenvalue weighted by Crippen LogP contribution is 2.18. The molecule has 0 atom stereocenters. The molecule has 0 bridgehead atoms. The molecule has 2 nitrogen and oxygen atoms in total. The van der Waals surface area contributed by atoms with Gasteiger partial charge in [-0.05, 0) is 31.4 Å². The Morgan fingerprint density at radius 1 is 1.12 bits per heavy atom. The van der Waals surface area contributed by atoms with Crippen LogP contribution in [0.2, 0.25) is 0 Å². The minimum absolute atomic E-state index is 0.328. The second-order valence-corrected chi connectivity index (χ2v) is 4.34. The Labute approximate surface area is 99.5 Å². The van der Waals surface area contributed by atoms with Crippen LogP contribution in [0.4, 0.5) is 0 Å². The molecule has 0 unspecified atom stereocenters. The summed E-state index contributed by atoms with van der Waals surface area (Å²) in [7, 11) is 0. The smallest absolute Gasteiger partial charge is 0.0416 e. The van der Waals surface area contributed by atoms with Crippen LogP contribution in [0, 0.1) is 0 Å². The second kappa shape index (κ2) is 6.64. The van der Waals surface area contributed by atoms with Gasteiger partial charge < -0.3 is 5.32 Å². The molecule has 90 valence electrons. The number of pyridine rings is 1. The average molecular weight is 220 g/mol. The van der Waals surface area contributed by atoms with Gasteiger partial charge in [0.25, 0.3) is 0 Å². The van der Waals surface area contributed by atoms with Crippen molar-refractivity contribution in [2.75, 3.05) is 6.54 Å². The zero-order valence-corrected chi connectivity index (χ0v) is 10.8. The molecule has 0 spiro atoms. The third kappa shape index (κ3) is 3.60. The Kier molecular flexibility index (Phi) is 5.47. The molecule has 1 rings (SSSR count). The van der Waals surface area contributed by atoms with Gasteiger partial charge in [-0.3, -0.25) is 4.98 Å². The van der Waals surface area contributed by atoms with E-state index in [2.05, 4.69) is 43.2 Å². The highest BCUT2D eigenvalue weighted by Gasteiger charge is 2.22. The van der Waals surface area contributed by atoms with Crippen LogP contribution >= 0.6 is 0 Å². The van der Waals surface area contributed by atoms with E-state index in [9.17, 15) is 0 Å². The first kappa shape index (κ1) is 13.2. The Balaban J connectivity index is 2.39. The molecular weight excluding hydrogens is 196 g/mol. The molecule has 0 radical (unpaired) electrons. The van der Waals surface area contributed by atoms with E-state index in [1.165, 1.54) is 25.0 Å². The van der Waals surface area contributed by atoms with Gasteiger partial charge in [-0.2, -0.15) is 0 Å². The van der Waals surface area contributed by atoms with Gasteiger partial charge in [0.2, 0.25) is 0 Å². The Bertz CT molecular complexity index is 270. The van der Waals surface area contributed by atoms with E-state index < -0.39 is 0 Å². The summed E-state index contributed by atoms with van der Waals surface area (Å²) in [5.41, 5.74) is 1.50. The number of nitrogens with one attached hydrogen (secondary N) is 1. The average Bonchev–Trinajstić information content (AvgIpc) is 2.37. The summed E-state index contributed by atoms with van der Waals surface area (Å²) in [6.45, 7) is 7.81. The van der Waals surface area contributed by atoms with Crippen LogP contribution in [0.25, 0.3) is 0 Å². The predicted molar refractivity (Wildman–Crippen MR) is 69.5 cm³/mol. The maximum Gasteiger partial charge on any atom is 0.0416 e. The summed E-state index contributed by atoms with van der Waals surface area (Å²) in [5, 5.41) is 3.69. The molecule has 16 heavy (non-hydrogen) atoms. The van der Waals surface area contributed by atoms with Crippen molar-refractivity contribution >= 4 is 0 Å². The fourth-order valence-corrected chi connectivity index (χ4v) is 2.13. The van der Waals surface area contributed by atoms with E-state index in [1.54, 1.807) is 0 Å². The molecular formula is C14H24N2. The topological polar surface area (TPSA) is 24.9 Å². The minimum atomic E-state index is 0.328. The molecule has 2 heteroatoms. The van der Waals surface area contributed by atoms with E-state index in [0.717, 1.165) is 13.0 Å². The Morgan fingerprint density at radius 2 is 1.81 bits per heavy atom. The molecule has 0 saturated carbocycles. The quantitative estimate of drug-likeness (QED) is 0.763. The molecule has 1 aromatic heterocycles. The first-order chi connectivity index (χ1) is 7.76. The van der Waals surface area contributed by atoms with E-state index in [1.807, 2.05) is 12.3 Å². The third-order valence-electron chi connectivity index (χ3n) is 3.64. The predicted octanol–water partition coefficient (Wildman–Crippen LogP) is 3.18. The molecule has 1 N–H and O–H groups in total. The summed E-state index contributed by atoms with van der Waals surface area (Å²) < 4.78 is 0. The number of nitrogens with zero attached hydrogens (tertiary/aromatic N) is 1. The first-order valence-corrected chi connectivity index (χ1v) is 6.41. The van der Waals surface area contributed by atoms with Crippen molar-refractivity contribution in [1.29, 1.82) is 0 Å². The molecule has 0 aromatic carbocycles. The largest absolute Gasteiger partial charge is 0.311 e.